The molecular formula is C8H11N3. The molecule has 0 fully saturated rings. The summed E-state index contributed by atoms with van der Waals surface area (Å²) in [6.07, 6.45) is 0.312. The largest absolute Gasteiger partial charge is 0.399 e. The van der Waals surface area contributed by atoms with Gasteiger partial charge in [-0.15, -0.1) is 0 Å². The van der Waals surface area contributed by atoms with E-state index in [2.05, 4.69) is 17.6 Å². The van der Waals surface area contributed by atoms with Crippen molar-refractivity contribution < 1.29 is 0 Å². The second kappa shape index (κ2) is 2.05. The molecule has 0 amide bonds. The van der Waals surface area contributed by atoms with Gasteiger partial charge in [-0.25, -0.2) is 0 Å². The third-order valence-electron chi connectivity index (χ3n) is 1.79. The molecular weight excluding hydrogens is 138 g/mol. The van der Waals surface area contributed by atoms with Crippen LogP contribution in [0.15, 0.2) is 18.2 Å². The van der Waals surface area contributed by atoms with E-state index in [1.807, 2.05) is 18.2 Å². The molecule has 3 heteroatoms. The van der Waals surface area contributed by atoms with E-state index in [9.17, 15) is 0 Å². The predicted octanol–water partition coefficient (Wildman–Crippen LogP) is 1.45. The third-order valence-corrected chi connectivity index (χ3v) is 1.79. The van der Waals surface area contributed by atoms with Crippen LogP contribution in [0.1, 0.15) is 6.92 Å². The number of anilines is 3. The normalized spacial score (nSPS) is 20.3. The van der Waals surface area contributed by atoms with Crippen molar-refractivity contribution in [3.63, 3.8) is 0 Å². The predicted molar refractivity (Wildman–Crippen MR) is 47.6 cm³/mol. The number of hydrogen-bond acceptors (Lipinski definition) is 3. The number of nitrogens with two attached hydrogens (primary N) is 1. The molecule has 1 aliphatic heterocycles. The first-order chi connectivity index (χ1) is 5.25. The highest BCUT2D eigenvalue weighted by Gasteiger charge is 2.13. The number of fused-ring (bicyclic) bond motifs is 1. The summed E-state index contributed by atoms with van der Waals surface area (Å²) in [4.78, 5) is 0. The van der Waals surface area contributed by atoms with E-state index >= 15 is 0 Å². The monoisotopic (exact) mass is 149 g/mol. The average molecular weight is 149 g/mol. The number of benzene rings is 1. The van der Waals surface area contributed by atoms with Crippen molar-refractivity contribution in [1.29, 1.82) is 0 Å². The molecule has 58 valence electrons. The Morgan fingerprint density at radius 1 is 1.27 bits per heavy atom. The Kier molecular flexibility index (Phi) is 1.18. The van der Waals surface area contributed by atoms with Crippen molar-refractivity contribution in [2.75, 3.05) is 16.4 Å². The minimum absolute atomic E-state index is 0.312. The topological polar surface area (TPSA) is 50.1 Å². The lowest BCUT2D eigenvalue weighted by Crippen LogP contribution is -2.16. The quantitative estimate of drug-likeness (QED) is 0.489. The molecule has 4 N–H and O–H groups in total. The molecule has 1 aromatic carbocycles. The molecule has 11 heavy (non-hydrogen) atoms. The molecule has 0 spiro atoms. The smallest absolute Gasteiger partial charge is 0.0935 e. The Bertz CT molecular complexity index is 283. The second-order valence-electron chi connectivity index (χ2n) is 2.82. The summed E-state index contributed by atoms with van der Waals surface area (Å²) < 4.78 is 0. The number of hydrogen-bond donors (Lipinski definition) is 3. The summed E-state index contributed by atoms with van der Waals surface area (Å²) >= 11 is 0. The van der Waals surface area contributed by atoms with Crippen molar-refractivity contribution >= 4 is 17.1 Å². The average Bonchev–Trinajstić information content (AvgIpc) is 2.27. The van der Waals surface area contributed by atoms with Crippen LogP contribution in [0.2, 0.25) is 0 Å². The Morgan fingerprint density at radius 3 is 2.82 bits per heavy atom. The van der Waals surface area contributed by atoms with Crippen molar-refractivity contribution in [2.45, 2.75) is 13.1 Å². The van der Waals surface area contributed by atoms with E-state index in [0.717, 1.165) is 17.1 Å². The lowest BCUT2D eigenvalue weighted by Gasteiger charge is -2.01. The van der Waals surface area contributed by atoms with Crippen molar-refractivity contribution in [2.24, 2.45) is 0 Å². The van der Waals surface area contributed by atoms with Gasteiger partial charge in [0.1, 0.15) is 0 Å². The van der Waals surface area contributed by atoms with Gasteiger partial charge in [0.05, 0.1) is 17.5 Å². The van der Waals surface area contributed by atoms with Crippen LogP contribution in [0, 0.1) is 0 Å². The summed E-state index contributed by atoms with van der Waals surface area (Å²) in [6, 6.07) is 5.82. The first-order valence-electron chi connectivity index (χ1n) is 3.68. The van der Waals surface area contributed by atoms with Crippen LogP contribution >= 0.6 is 0 Å². The van der Waals surface area contributed by atoms with Gasteiger partial charge in [0.25, 0.3) is 0 Å². The van der Waals surface area contributed by atoms with Crippen LogP contribution in [0.4, 0.5) is 17.1 Å². The van der Waals surface area contributed by atoms with Gasteiger partial charge in [-0.05, 0) is 25.1 Å². The number of rotatable bonds is 0. The van der Waals surface area contributed by atoms with Crippen molar-refractivity contribution in [1.82, 2.24) is 0 Å². The maximum absolute atomic E-state index is 5.61. The van der Waals surface area contributed by atoms with Gasteiger partial charge in [-0.2, -0.15) is 0 Å². The van der Waals surface area contributed by atoms with Crippen LogP contribution in [-0.4, -0.2) is 6.17 Å². The minimum Gasteiger partial charge on any atom is -0.399 e. The van der Waals surface area contributed by atoms with E-state index in [-0.39, 0.29) is 0 Å². The Hall–Kier alpha value is -1.38. The first-order valence-corrected chi connectivity index (χ1v) is 3.68. The van der Waals surface area contributed by atoms with Gasteiger partial charge in [-0.1, -0.05) is 0 Å². The standard InChI is InChI=1S/C8H11N3/c1-5-10-7-3-2-6(9)4-8(7)11-5/h2-5,10-11H,9H2,1H3/t5-/m1/s1. The molecule has 1 heterocycles. The van der Waals surface area contributed by atoms with Crippen LogP contribution in [-0.2, 0) is 0 Å². The van der Waals surface area contributed by atoms with Gasteiger partial charge < -0.3 is 16.4 Å². The molecule has 1 aliphatic rings. The Balaban J connectivity index is 2.43. The first kappa shape index (κ1) is 6.34. The zero-order chi connectivity index (χ0) is 7.84. The fourth-order valence-electron chi connectivity index (χ4n) is 1.31. The zero-order valence-electron chi connectivity index (χ0n) is 6.39. The Morgan fingerprint density at radius 2 is 2.00 bits per heavy atom. The number of nitrogen functional groups attached to an aromatic ring is 1. The molecule has 0 saturated carbocycles. The van der Waals surface area contributed by atoms with Crippen molar-refractivity contribution in [3.8, 4) is 0 Å². The van der Waals surface area contributed by atoms with E-state index in [1.165, 1.54) is 0 Å². The highest BCUT2D eigenvalue weighted by molar-refractivity contribution is 5.77. The molecule has 3 nitrogen and oxygen atoms in total. The Labute approximate surface area is 65.6 Å². The molecule has 0 bridgehead atoms. The molecule has 1 atom stereocenters. The summed E-state index contributed by atoms with van der Waals surface area (Å²) in [5.74, 6) is 0. The molecule has 2 rings (SSSR count). The molecule has 0 radical (unpaired) electrons. The van der Waals surface area contributed by atoms with Gasteiger partial charge in [0.2, 0.25) is 0 Å². The number of nitrogens with one attached hydrogen (secondary N) is 2. The lowest BCUT2D eigenvalue weighted by atomic mass is 10.2. The van der Waals surface area contributed by atoms with Crippen LogP contribution in [0.3, 0.4) is 0 Å². The molecule has 0 saturated heterocycles. The SMILES string of the molecule is C[C@@H]1Nc2ccc(N)cc2N1. The van der Waals surface area contributed by atoms with Crippen LogP contribution < -0.4 is 16.4 Å². The van der Waals surface area contributed by atoms with Crippen LogP contribution in [0.25, 0.3) is 0 Å². The van der Waals surface area contributed by atoms with E-state index in [4.69, 9.17) is 5.73 Å². The minimum atomic E-state index is 0.312. The lowest BCUT2D eigenvalue weighted by molar-refractivity contribution is 0.956. The van der Waals surface area contributed by atoms with Gasteiger partial charge >= 0.3 is 0 Å². The summed E-state index contributed by atoms with van der Waals surface area (Å²) in [5, 5.41) is 6.50. The van der Waals surface area contributed by atoms with E-state index in [1.54, 1.807) is 0 Å². The maximum Gasteiger partial charge on any atom is 0.0935 e. The highest BCUT2D eigenvalue weighted by atomic mass is 15.2. The second-order valence-corrected chi connectivity index (χ2v) is 2.82. The zero-order valence-corrected chi connectivity index (χ0v) is 6.39. The summed E-state index contributed by atoms with van der Waals surface area (Å²) in [6.45, 7) is 2.07. The molecule has 0 aromatic heterocycles. The maximum atomic E-state index is 5.61. The van der Waals surface area contributed by atoms with Gasteiger partial charge in [-0.3, -0.25) is 0 Å². The third kappa shape index (κ3) is 0.981. The molecule has 1 aromatic rings. The molecule has 0 unspecified atom stereocenters. The van der Waals surface area contributed by atoms with Gasteiger partial charge in [0.15, 0.2) is 0 Å². The fraction of sp³-hybridized carbons (Fsp3) is 0.250. The van der Waals surface area contributed by atoms with Gasteiger partial charge in [0, 0.05) is 5.69 Å². The van der Waals surface area contributed by atoms with Crippen molar-refractivity contribution in [3.05, 3.63) is 18.2 Å². The van der Waals surface area contributed by atoms with E-state index < -0.39 is 0 Å². The summed E-state index contributed by atoms with van der Waals surface area (Å²) in [5.41, 5.74) is 8.63. The fourth-order valence-corrected chi connectivity index (χ4v) is 1.31. The highest BCUT2D eigenvalue weighted by Crippen LogP contribution is 2.29. The summed E-state index contributed by atoms with van der Waals surface area (Å²) in [7, 11) is 0. The molecule has 0 aliphatic carbocycles. The van der Waals surface area contributed by atoms with E-state index in [0.29, 0.717) is 6.17 Å². The van der Waals surface area contributed by atoms with Crippen LogP contribution in [0.5, 0.6) is 0 Å².